The maximum absolute atomic E-state index is 11.2. The zero-order valence-electron chi connectivity index (χ0n) is 15.3. The molecule has 0 atom stereocenters. The van der Waals surface area contributed by atoms with Gasteiger partial charge in [0, 0.05) is 6.42 Å². The zero-order chi connectivity index (χ0) is 19.5. The molecule has 2 heterocycles. The molecule has 0 bridgehead atoms. The Morgan fingerprint density at radius 3 is 2.86 bits per heavy atom. The van der Waals surface area contributed by atoms with Crippen molar-refractivity contribution < 1.29 is 24.1 Å². The number of benzene rings is 2. The van der Waals surface area contributed by atoms with Crippen LogP contribution in [0.25, 0.3) is 21.9 Å². The molecule has 7 heteroatoms. The normalized spacial score (nSPS) is 13.5. The van der Waals surface area contributed by atoms with E-state index < -0.39 is 5.97 Å². The number of aliphatic carboxylic acids is 1. The van der Waals surface area contributed by atoms with Crippen LogP contribution in [0.3, 0.4) is 0 Å². The van der Waals surface area contributed by atoms with Gasteiger partial charge in [-0.2, -0.15) is 0 Å². The van der Waals surface area contributed by atoms with Gasteiger partial charge in [0.25, 0.3) is 0 Å². The summed E-state index contributed by atoms with van der Waals surface area (Å²) in [5, 5.41) is 9.97. The second-order valence-corrected chi connectivity index (χ2v) is 7.33. The third kappa shape index (κ3) is 3.80. The van der Waals surface area contributed by atoms with E-state index in [-0.39, 0.29) is 6.42 Å². The molecule has 0 spiro atoms. The summed E-state index contributed by atoms with van der Waals surface area (Å²) in [7, 11) is 1.58. The fourth-order valence-electron chi connectivity index (χ4n) is 3.07. The Bertz CT molecular complexity index is 1010. The molecule has 28 heavy (non-hydrogen) atoms. The highest BCUT2D eigenvalue weighted by atomic mass is 32.1. The molecule has 0 amide bonds. The van der Waals surface area contributed by atoms with E-state index in [1.807, 2.05) is 42.5 Å². The Balaban J connectivity index is 1.77. The molecule has 1 aliphatic heterocycles. The lowest BCUT2D eigenvalue weighted by Crippen LogP contribution is -2.16. The van der Waals surface area contributed by atoms with Crippen molar-refractivity contribution in [2.24, 2.45) is 0 Å². The van der Waals surface area contributed by atoms with Gasteiger partial charge >= 0.3 is 5.97 Å². The fraction of sp³-hybridized carbons (Fsp3) is 0.238. The Hall–Kier alpha value is -3.06. The Kier molecular flexibility index (Phi) is 5.16. The van der Waals surface area contributed by atoms with Crippen LogP contribution in [0.2, 0.25) is 0 Å². The van der Waals surface area contributed by atoms with Gasteiger partial charge in [0.15, 0.2) is 11.5 Å². The maximum atomic E-state index is 11.2. The number of para-hydroxylation sites is 1. The predicted molar refractivity (Wildman–Crippen MR) is 108 cm³/mol. The topological polar surface area (TPSA) is 77.9 Å². The van der Waals surface area contributed by atoms with Crippen molar-refractivity contribution in [1.82, 2.24) is 4.98 Å². The molecule has 0 saturated heterocycles. The first-order chi connectivity index (χ1) is 13.6. The molecule has 3 aromatic rings. The Morgan fingerprint density at radius 2 is 2.07 bits per heavy atom. The molecule has 0 aliphatic carbocycles. The molecule has 0 fully saturated rings. The van der Waals surface area contributed by atoms with Gasteiger partial charge in [-0.15, -0.1) is 11.3 Å². The van der Waals surface area contributed by atoms with Gasteiger partial charge in [0.2, 0.25) is 5.75 Å². The number of fused-ring (bicyclic) bond motifs is 2. The first-order valence-corrected chi connectivity index (χ1v) is 9.71. The second kappa shape index (κ2) is 7.90. The molecule has 0 radical (unpaired) electrons. The van der Waals surface area contributed by atoms with Crippen LogP contribution in [-0.4, -0.2) is 36.4 Å². The summed E-state index contributed by atoms with van der Waals surface area (Å²) in [5.74, 6) is 0.966. The number of carboxylic acids is 1. The molecule has 0 saturated carbocycles. The minimum Gasteiger partial charge on any atom is -0.493 e. The largest absolute Gasteiger partial charge is 0.493 e. The van der Waals surface area contributed by atoms with Gasteiger partial charge in [-0.3, -0.25) is 4.79 Å². The summed E-state index contributed by atoms with van der Waals surface area (Å²) < 4.78 is 17.9. The van der Waals surface area contributed by atoms with E-state index in [1.54, 1.807) is 18.4 Å². The lowest BCUT2D eigenvalue weighted by Gasteiger charge is -2.21. The highest BCUT2D eigenvalue weighted by molar-refractivity contribution is 7.19. The van der Waals surface area contributed by atoms with E-state index in [0.717, 1.165) is 26.4 Å². The number of nitrogens with zero attached hydrogens (tertiary/aromatic N) is 1. The number of carboxylic acid groups (broad SMARTS) is 1. The van der Waals surface area contributed by atoms with Crippen molar-refractivity contribution in [3.05, 3.63) is 47.0 Å². The first kappa shape index (κ1) is 18.3. The second-order valence-electron chi connectivity index (χ2n) is 6.30. The number of carbonyl (C=O) groups is 1. The summed E-state index contributed by atoms with van der Waals surface area (Å²) >= 11 is 1.56. The molecule has 1 aromatic heterocycles. The number of aromatic nitrogens is 1. The average Bonchev–Trinajstić information content (AvgIpc) is 3.14. The Labute approximate surface area is 166 Å². The molecular weight excluding hydrogens is 378 g/mol. The highest BCUT2D eigenvalue weighted by Crippen LogP contribution is 2.41. The number of ether oxygens (including phenoxy) is 3. The average molecular weight is 397 g/mol. The molecule has 1 aliphatic rings. The summed E-state index contributed by atoms with van der Waals surface area (Å²) in [5.41, 5.74) is 2.62. The molecule has 6 nitrogen and oxygen atoms in total. The summed E-state index contributed by atoms with van der Waals surface area (Å²) in [4.78, 5) is 15.8. The van der Waals surface area contributed by atoms with Crippen molar-refractivity contribution in [3.63, 3.8) is 0 Å². The molecule has 4 rings (SSSR count). The van der Waals surface area contributed by atoms with E-state index in [4.69, 9.17) is 19.3 Å². The summed E-state index contributed by atoms with van der Waals surface area (Å²) in [6, 6.07) is 11.6. The van der Waals surface area contributed by atoms with E-state index in [0.29, 0.717) is 36.9 Å². The van der Waals surface area contributed by atoms with Crippen molar-refractivity contribution >= 4 is 39.2 Å². The van der Waals surface area contributed by atoms with Crippen LogP contribution in [0, 0.1) is 0 Å². The molecule has 144 valence electrons. The van der Waals surface area contributed by atoms with Crippen LogP contribution < -0.4 is 14.2 Å². The van der Waals surface area contributed by atoms with Crippen LogP contribution >= 0.6 is 11.3 Å². The van der Waals surface area contributed by atoms with E-state index in [1.165, 1.54) is 0 Å². The van der Waals surface area contributed by atoms with E-state index >= 15 is 0 Å². The van der Waals surface area contributed by atoms with Crippen LogP contribution in [0.4, 0.5) is 0 Å². The van der Waals surface area contributed by atoms with Crippen LogP contribution in [-0.2, 0) is 4.79 Å². The third-order valence-electron chi connectivity index (χ3n) is 4.37. The summed E-state index contributed by atoms with van der Waals surface area (Å²) in [6.45, 7) is 0.959. The number of hydrogen-bond donors (Lipinski definition) is 1. The minimum absolute atomic E-state index is 0.0312. The van der Waals surface area contributed by atoms with Gasteiger partial charge in [-0.1, -0.05) is 12.1 Å². The Morgan fingerprint density at radius 1 is 1.25 bits per heavy atom. The quantitative estimate of drug-likeness (QED) is 0.661. The van der Waals surface area contributed by atoms with E-state index in [9.17, 15) is 4.79 Å². The van der Waals surface area contributed by atoms with Gasteiger partial charge in [-0.05, 0) is 47.9 Å². The van der Waals surface area contributed by atoms with Gasteiger partial charge in [0.1, 0.15) is 18.2 Å². The van der Waals surface area contributed by atoms with Crippen molar-refractivity contribution in [1.29, 1.82) is 0 Å². The smallest absolute Gasteiger partial charge is 0.303 e. The fourth-order valence-corrected chi connectivity index (χ4v) is 4.08. The molecule has 1 N–H and O–H groups in total. The highest BCUT2D eigenvalue weighted by Gasteiger charge is 2.19. The molecular formula is C21H19NO5S. The first-order valence-electron chi connectivity index (χ1n) is 8.90. The van der Waals surface area contributed by atoms with Crippen LogP contribution in [0.5, 0.6) is 17.2 Å². The van der Waals surface area contributed by atoms with Gasteiger partial charge in [-0.25, -0.2) is 4.98 Å². The summed E-state index contributed by atoms with van der Waals surface area (Å²) in [6.07, 6.45) is 2.36. The van der Waals surface area contributed by atoms with Gasteiger partial charge < -0.3 is 19.3 Å². The SMILES string of the molecule is COc1cc(/C=C(\CCC(=O)O)c2nc3ccccc3s2)cc2c1OCCO2. The number of allylic oxidation sites excluding steroid dienone is 1. The van der Waals surface area contributed by atoms with Crippen LogP contribution in [0.1, 0.15) is 23.4 Å². The van der Waals surface area contributed by atoms with Gasteiger partial charge in [0.05, 0.1) is 17.3 Å². The number of thiazole rings is 1. The lowest BCUT2D eigenvalue weighted by molar-refractivity contribution is -0.136. The van der Waals surface area contributed by atoms with Crippen molar-refractivity contribution in [2.45, 2.75) is 12.8 Å². The number of methoxy groups -OCH3 is 1. The van der Waals surface area contributed by atoms with E-state index in [2.05, 4.69) is 4.98 Å². The number of hydrogen-bond acceptors (Lipinski definition) is 6. The molecule has 0 unspecified atom stereocenters. The monoisotopic (exact) mass is 397 g/mol. The minimum atomic E-state index is -0.841. The predicted octanol–water partition coefficient (Wildman–Crippen LogP) is 4.48. The third-order valence-corrected chi connectivity index (χ3v) is 5.48. The number of rotatable bonds is 6. The van der Waals surface area contributed by atoms with Crippen molar-refractivity contribution in [2.75, 3.05) is 20.3 Å². The van der Waals surface area contributed by atoms with Crippen molar-refractivity contribution in [3.8, 4) is 17.2 Å². The van der Waals surface area contributed by atoms with Crippen LogP contribution in [0.15, 0.2) is 36.4 Å². The standard InChI is InChI=1S/C21H19NO5S/c1-25-16-11-13(12-17-20(16)27-9-8-26-17)10-14(6-7-19(23)24)21-22-15-4-2-3-5-18(15)28-21/h2-5,10-12H,6-9H2,1H3,(H,23,24)/b14-10+. The lowest BCUT2D eigenvalue weighted by atomic mass is 10.1. The zero-order valence-corrected chi connectivity index (χ0v) is 16.1. The molecule has 2 aromatic carbocycles. The maximum Gasteiger partial charge on any atom is 0.303 e.